The zero-order valence-corrected chi connectivity index (χ0v) is 15.9. The van der Waals surface area contributed by atoms with Crippen molar-refractivity contribution in [3.8, 4) is 11.5 Å². The molecule has 0 aromatic heterocycles. The molecule has 1 atom stereocenters. The predicted octanol–water partition coefficient (Wildman–Crippen LogP) is 4.14. The Labute approximate surface area is 153 Å². The molecular weight excluding hydrogens is 329 g/mol. The van der Waals surface area contributed by atoms with Crippen molar-refractivity contribution in [3.63, 3.8) is 0 Å². The summed E-state index contributed by atoms with van der Waals surface area (Å²) < 4.78 is 5.89. The standard InChI is InChI=1S/C21H28NO2P/c23-15-18-12-20(10-11-21(18)25)24-19-8-6-17(7-9-19)14-22-13-16-4-2-1-3-5-16/h6-12,16,22-23H,1-5,13-15,25H2. The van der Waals surface area contributed by atoms with Gasteiger partial charge in [0.2, 0.25) is 0 Å². The Morgan fingerprint density at radius 3 is 2.44 bits per heavy atom. The van der Waals surface area contributed by atoms with Crippen LogP contribution < -0.4 is 15.4 Å². The monoisotopic (exact) mass is 357 g/mol. The lowest BCUT2D eigenvalue weighted by Gasteiger charge is -2.21. The molecule has 0 saturated heterocycles. The van der Waals surface area contributed by atoms with Gasteiger partial charge in [0.25, 0.3) is 0 Å². The Hall–Kier alpha value is -1.41. The van der Waals surface area contributed by atoms with Gasteiger partial charge in [-0.3, -0.25) is 0 Å². The molecule has 2 aromatic carbocycles. The molecule has 0 aliphatic heterocycles. The first-order valence-corrected chi connectivity index (χ1v) is 9.79. The van der Waals surface area contributed by atoms with Gasteiger partial charge in [-0.1, -0.05) is 37.5 Å². The van der Waals surface area contributed by atoms with Crippen molar-refractivity contribution in [2.24, 2.45) is 5.92 Å². The van der Waals surface area contributed by atoms with E-state index in [9.17, 15) is 5.11 Å². The number of nitrogens with one attached hydrogen (secondary N) is 1. The van der Waals surface area contributed by atoms with E-state index in [1.54, 1.807) is 0 Å². The molecule has 0 heterocycles. The molecule has 1 saturated carbocycles. The minimum atomic E-state index is 0.0155. The zero-order valence-electron chi connectivity index (χ0n) is 14.7. The average Bonchev–Trinajstić information content (AvgIpc) is 2.65. The Bertz CT molecular complexity index is 666. The number of aliphatic hydroxyl groups excluding tert-OH is 1. The topological polar surface area (TPSA) is 41.5 Å². The first-order chi connectivity index (χ1) is 12.2. The Balaban J connectivity index is 1.50. The quantitative estimate of drug-likeness (QED) is 0.732. The van der Waals surface area contributed by atoms with E-state index in [-0.39, 0.29) is 6.61 Å². The van der Waals surface area contributed by atoms with Crippen LogP contribution in [0.1, 0.15) is 43.2 Å². The minimum Gasteiger partial charge on any atom is -0.457 e. The molecule has 0 bridgehead atoms. The first-order valence-electron chi connectivity index (χ1n) is 9.21. The normalized spacial score (nSPS) is 15.3. The van der Waals surface area contributed by atoms with Crippen molar-refractivity contribution in [1.29, 1.82) is 0 Å². The number of hydrogen-bond donors (Lipinski definition) is 2. The molecule has 2 aromatic rings. The lowest BCUT2D eigenvalue weighted by atomic mass is 9.89. The molecular formula is C21H28NO2P. The fourth-order valence-electron chi connectivity index (χ4n) is 3.41. The summed E-state index contributed by atoms with van der Waals surface area (Å²) in [6.45, 7) is 2.05. The number of aliphatic hydroxyl groups is 1. The van der Waals surface area contributed by atoms with Gasteiger partial charge in [0.1, 0.15) is 11.5 Å². The van der Waals surface area contributed by atoms with E-state index < -0.39 is 0 Å². The summed E-state index contributed by atoms with van der Waals surface area (Å²) in [7, 11) is 2.62. The molecule has 0 radical (unpaired) electrons. The highest BCUT2D eigenvalue weighted by Crippen LogP contribution is 2.24. The van der Waals surface area contributed by atoms with Gasteiger partial charge >= 0.3 is 0 Å². The molecule has 1 aliphatic rings. The van der Waals surface area contributed by atoms with Crippen LogP contribution in [0.15, 0.2) is 42.5 Å². The van der Waals surface area contributed by atoms with Gasteiger partial charge in [0.05, 0.1) is 6.61 Å². The van der Waals surface area contributed by atoms with Crippen molar-refractivity contribution in [2.75, 3.05) is 6.54 Å². The smallest absolute Gasteiger partial charge is 0.127 e. The molecule has 1 unspecified atom stereocenters. The summed E-state index contributed by atoms with van der Waals surface area (Å²) >= 11 is 0. The predicted molar refractivity (Wildman–Crippen MR) is 107 cm³/mol. The second kappa shape index (κ2) is 9.33. The summed E-state index contributed by atoms with van der Waals surface area (Å²) in [5, 5.41) is 13.9. The van der Waals surface area contributed by atoms with E-state index in [1.807, 2.05) is 30.3 Å². The number of hydrogen-bond acceptors (Lipinski definition) is 3. The van der Waals surface area contributed by atoms with Gasteiger partial charge in [-0.25, -0.2) is 0 Å². The van der Waals surface area contributed by atoms with Crippen molar-refractivity contribution >= 4 is 14.5 Å². The highest BCUT2D eigenvalue weighted by Gasteiger charge is 2.12. The SMILES string of the molecule is OCc1cc(Oc2ccc(CNCC3CCCCC3)cc2)ccc1P. The van der Waals surface area contributed by atoms with Crippen molar-refractivity contribution in [2.45, 2.75) is 45.3 Å². The highest BCUT2D eigenvalue weighted by atomic mass is 31.0. The van der Waals surface area contributed by atoms with E-state index in [1.165, 1.54) is 37.7 Å². The third kappa shape index (κ3) is 5.54. The van der Waals surface area contributed by atoms with Crippen LogP contribution in [-0.2, 0) is 13.2 Å². The maximum absolute atomic E-state index is 9.35. The van der Waals surface area contributed by atoms with Crippen LogP contribution in [0.5, 0.6) is 11.5 Å². The van der Waals surface area contributed by atoms with Crippen molar-refractivity contribution in [1.82, 2.24) is 5.32 Å². The maximum atomic E-state index is 9.35. The fraction of sp³-hybridized carbons (Fsp3) is 0.429. The minimum absolute atomic E-state index is 0.0155. The largest absolute Gasteiger partial charge is 0.457 e. The van der Waals surface area contributed by atoms with Gasteiger partial charge in [-0.2, -0.15) is 0 Å². The third-order valence-electron chi connectivity index (χ3n) is 4.93. The van der Waals surface area contributed by atoms with Gasteiger partial charge in [0, 0.05) is 6.54 Å². The summed E-state index contributed by atoms with van der Waals surface area (Å²) in [6, 6.07) is 14.0. The molecule has 4 heteroatoms. The van der Waals surface area contributed by atoms with E-state index in [0.29, 0.717) is 0 Å². The molecule has 25 heavy (non-hydrogen) atoms. The Kier molecular flexibility index (Phi) is 6.86. The lowest BCUT2D eigenvalue weighted by Crippen LogP contribution is -2.24. The van der Waals surface area contributed by atoms with Crippen LogP contribution in [0, 0.1) is 5.92 Å². The summed E-state index contributed by atoms with van der Waals surface area (Å²) in [5.41, 5.74) is 2.14. The molecule has 2 N–H and O–H groups in total. The van der Waals surface area contributed by atoms with E-state index in [0.717, 1.165) is 41.4 Å². The number of benzene rings is 2. The Morgan fingerprint density at radius 2 is 1.72 bits per heavy atom. The maximum Gasteiger partial charge on any atom is 0.127 e. The molecule has 0 spiro atoms. The molecule has 1 aliphatic carbocycles. The third-order valence-corrected chi connectivity index (χ3v) is 5.49. The molecule has 0 amide bonds. The second-order valence-electron chi connectivity index (χ2n) is 6.90. The van der Waals surface area contributed by atoms with Gasteiger partial charge in [-0.05, 0) is 66.0 Å². The second-order valence-corrected chi connectivity index (χ2v) is 7.52. The zero-order chi connectivity index (χ0) is 17.5. The van der Waals surface area contributed by atoms with Gasteiger partial charge in [-0.15, -0.1) is 9.24 Å². The van der Waals surface area contributed by atoms with Crippen LogP contribution in [0.2, 0.25) is 0 Å². The van der Waals surface area contributed by atoms with E-state index in [4.69, 9.17) is 4.74 Å². The first kappa shape index (κ1) is 18.4. The van der Waals surface area contributed by atoms with Gasteiger partial charge < -0.3 is 15.2 Å². The lowest BCUT2D eigenvalue weighted by molar-refractivity contribution is 0.282. The van der Waals surface area contributed by atoms with Gasteiger partial charge in [0.15, 0.2) is 0 Å². The molecule has 3 nitrogen and oxygen atoms in total. The highest BCUT2D eigenvalue weighted by molar-refractivity contribution is 7.27. The van der Waals surface area contributed by atoms with Crippen LogP contribution in [0.3, 0.4) is 0 Å². The van der Waals surface area contributed by atoms with Crippen LogP contribution >= 0.6 is 9.24 Å². The Morgan fingerprint density at radius 1 is 1.00 bits per heavy atom. The summed E-state index contributed by atoms with van der Waals surface area (Å²) in [6.07, 6.45) is 6.97. The van der Waals surface area contributed by atoms with Crippen LogP contribution in [-0.4, -0.2) is 11.7 Å². The van der Waals surface area contributed by atoms with E-state index >= 15 is 0 Å². The number of rotatable bonds is 7. The average molecular weight is 357 g/mol. The molecule has 3 rings (SSSR count). The summed E-state index contributed by atoms with van der Waals surface area (Å²) in [5.74, 6) is 2.42. The molecule has 134 valence electrons. The van der Waals surface area contributed by atoms with Crippen LogP contribution in [0.4, 0.5) is 0 Å². The summed E-state index contributed by atoms with van der Waals surface area (Å²) in [4.78, 5) is 0. The van der Waals surface area contributed by atoms with Crippen LogP contribution in [0.25, 0.3) is 0 Å². The van der Waals surface area contributed by atoms with Crippen molar-refractivity contribution < 1.29 is 9.84 Å². The van der Waals surface area contributed by atoms with E-state index in [2.05, 4.69) is 26.7 Å². The number of ether oxygens (including phenoxy) is 1. The molecule has 1 fully saturated rings. The van der Waals surface area contributed by atoms with Crippen molar-refractivity contribution in [3.05, 3.63) is 53.6 Å². The fourth-order valence-corrected chi connectivity index (χ4v) is 3.68.